The molecule has 2 N–H and O–H groups in total. The second kappa shape index (κ2) is 15.1. The number of hydrogen-bond acceptors (Lipinski definition) is 8. The molecular weight excluding hydrogens is 909 g/mol. The van der Waals surface area contributed by atoms with E-state index in [-0.39, 0.29) is 50.4 Å². The first-order valence-corrected chi connectivity index (χ1v) is 21.1. The van der Waals surface area contributed by atoms with Crippen LogP contribution >= 0.6 is 11.6 Å². The number of nitrogens with zero attached hydrogens (tertiary/aromatic N) is 7. The number of fused-ring (bicyclic) bond motifs is 5. The van der Waals surface area contributed by atoms with E-state index in [2.05, 4.69) is 30.2 Å². The quantitative estimate of drug-likeness (QED) is 0.126. The number of sulfonamides is 1. The molecule has 0 radical (unpaired) electrons. The van der Waals surface area contributed by atoms with E-state index >= 15 is 17.6 Å². The van der Waals surface area contributed by atoms with Crippen LogP contribution in [0.3, 0.4) is 0 Å². The van der Waals surface area contributed by atoms with Gasteiger partial charge in [0.1, 0.15) is 52.8 Å². The Bertz CT molecular complexity index is 3280. The predicted molar refractivity (Wildman–Crippen MR) is 211 cm³/mol. The Morgan fingerprint density at radius 1 is 0.953 bits per heavy atom. The lowest BCUT2D eigenvalue weighted by atomic mass is 10.0. The second-order valence-corrected chi connectivity index (χ2v) is 17.5. The van der Waals surface area contributed by atoms with E-state index in [0.717, 1.165) is 39.8 Å². The standard InChI is InChI=1S/C40H27ClF9N9O4S/c1-57-33-27(6-4-22(41)30(33)37(55-57)56-64(2,62)63)59-38(53-36-19(39(59)61)3-5-25(52-36)31-23(45)11-18(44)12-24(31)46)26(9-15-7-16(42)10-17(43)8-15)51-28(60)14-58-34-29(32(54-58)35(47)48)20-13-21(20)40(34,49)50/h3-8,10-12,20-21,26,35H,9,13-14H2,1-2H3,(H,51,60)(H,55,56)/t20-,21+,26-/m0/s1. The Hall–Kier alpha value is -6.49. The summed E-state index contributed by atoms with van der Waals surface area (Å²) in [7, 11) is -2.63. The van der Waals surface area contributed by atoms with E-state index < -0.39 is 128 Å². The van der Waals surface area contributed by atoms with Crippen LogP contribution in [0.4, 0.5) is 45.3 Å². The van der Waals surface area contributed by atoms with Gasteiger partial charge in [-0.05, 0) is 54.3 Å². The van der Waals surface area contributed by atoms with Gasteiger partial charge in [-0.15, -0.1) is 0 Å². The van der Waals surface area contributed by atoms with Crippen LogP contribution in [0.15, 0.2) is 59.4 Å². The van der Waals surface area contributed by atoms with E-state index in [0.29, 0.717) is 22.9 Å². The van der Waals surface area contributed by atoms with E-state index in [1.165, 1.54) is 19.2 Å². The minimum Gasteiger partial charge on any atom is -0.344 e. The van der Waals surface area contributed by atoms with Gasteiger partial charge in [-0.1, -0.05) is 11.6 Å². The number of amides is 1. The molecule has 1 fully saturated rings. The summed E-state index contributed by atoms with van der Waals surface area (Å²) in [6, 6.07) is 5.98. The number of carbonyl (C=O) groups excluding carboxylic acids is 1. The van der Waals surface area contributed by atoms with Crippen molar-refractivity contribution in [2.24, 2.45) is 13.0 Å². The van der Waals surface area contributed by atoms with Crippen molar-refractivity contribution in [2.75, 3.05) is 11.0 Å². The molecule has 0 spiro atoms. The molecule has 3 aromatic carbocycles. The van der Waals surface area contributed by atoms with Crippen LogP contribution in [0.25, 0.3) is 38.9 Å². The molecule has 0 bridgehead atoms. The maximum absolute atomic E-state index is 15.5. The third-order valence-corrected chi connectivity index (χ3v) is 11.8. The Balaban J connectivity index is 1.27. The first kappa shape index (κ1) is 42.8. The summed E-state index contributed by atoms with van der Waals surface area (Å²) in [6.45, 7) is -1.10. The van der Waals surface area contributed by atoms with Crippen molar-refractivity contribution in [3.63, 3.8) is 0 Å². The molecule has 7 aromatic rings. The van der Waals surface area contributed by atoms with Crippen LogP contribution in [-0.2, 0) is 40.8 Å². The number of alkyl halides is 4. The molecule has 2 aliphatic carbocycles. The molecule has 4 aromatic heterocycles. The number of anilines is 1. The fraction of sp³-hybridized carbons (Fsp3) is 0.250. The number of aryl methyl sites for hydroxylation is 1. The van der Waals surface area contributed by atoms with Gasteiger partial charge in [0.05, 0.1) is 50.6 Å². The van der Waals surface area contributed by atoms with Gasteiger partial charge in [-0.2, -0.15) is 19.0 Å². The zero-order chi connectivity index (χ0) is 45.9. The maximum Gasteiger partial charge on any atom is 0.293 e. The van der Waals surface area contributed by atoms with Crippen molar-refractivity contribution in [3.05, 3.63) is 127 Å². The summed E-state index contributed by atoms with van der Waals surface area (Å²) in [6.07, 6.45) is -3.14. The molecule has 2 aliphatic rings. The summed E-state index contributed by atoms with van der Waals surface area (Å²) < 4.78 is 162. The molecule has 13 nitrogen and oxygen atoms in total. The van der Waals surface area contributed by atoms with Crippen LogP contribution in [0, 0.1) is 35.0 Å². The second-order valence-electron chi connectivity index (χ2n) is 15.3. The largest absolute Gasteiger partial charge is 0.344 e. The molecule has 0 unspecified atom stereocenters. The van der Waals surface area contributed by atoms with Crippen LogP contribution in [0.5, 0.6) is 0 Å². The molecule has 0 aliphatic heterocycles. The minimum atomic E-state index is -3.99. The average Bonchev–Trinajstić information content (AvgIpc) is 3.72. The number of benzene rings is 3. The fourth-order valence-electron chi connectivity index (χ4n) is 8.39. The number of hydrogen-bond donors (Lipinski definition) is 2. The lowest BCUT2D eigenvalue weighted by Crippen LogP contribution is -2.38. The summed E-state index contributed by atoms with van der Waals surface area (Å²) in [4.78, 5) is 37.7. The van der Waals surface area contributed by atoms with Gasteiger partial charge in [0.15, 0.2) is 11.5 Å². The zero-order valence-corrected chi connectivity index (χ0v) is 34.2. The third kappa shape index (κ3) is 7.28. The van der Waals surface area contributed by atoms with E-state index in [4.69, 9.17) is 11.6 Å². The summed E-state index contributed by atoms with van der Waals surface area (Å²) in [5.74, 6) is -14.0. The Morgan fingerprint density at radius 3 is 2.28 bits per heavy atom. The molecule has 9 rings (SSSR count). The Labute approximate surface area is 358 Å². The predicted octanol–water partition coefficient (Wildman–Crippen LogP) is 7.50. The minimum absolute atomic E-state index is 0.0301. The number of halogens is 10. The SMILES string of the molecule is Cn1nc(NS(C)(=O)=O)c2c(Cl)ccc(-n3c([C@H](Cc4cc(F)cc(F)c4)NC(=O)Cn4nc(C(F)F)c5c4C(F)(F)[C@@H]4C[C@H]54)nc4nc(-c5c(F)cc(F)cc5F)ccc4c3=O)c21. The van der Waals surface area contributed by atoms with E-state index in [1.807, 2.05) is 0 Å². The van der Waals surface area contributed by atoms with Gasteiger partial charge < -0.3 is 5.32 Å². The number of pyridine rings is 1. The van der Waals surface area contributed by atoms with Crippen molar-refractivity contribution >= 4 is 55.3 Å². The molecule has 332 valence electrons. The lowest BCUT2D eigenvalue weighted by molar-refractivity contribution is -0.123. The van der Waals surface area contributed by atoms with Gasteiger partial charge in [0, 0.05) is 43.1 Å². The lowest BCUT2D eigenvalue weighted by Gasteiger charge is -2.24. The molecule has 64 heavy (non-hydrogen) atoms. The van der Waals surface area contributed by atoms with E-state index in [9.17, 15) is 40.0 Å². The van der Waals surface area contributed by atoms with Crippen molar-refractivity contribution in [3.8, 4) is 16.9 Å². The highest BCUT2D eigenvalue weighted by molar-refractivity contribution is 7.92. The Morgan fingerprint density at radius 2 is 1.62 bits per heavy atom. The van der Waals surface area contributed by atoms with Crippen LogP contribution in [0.1, 0.15) is 53.1 Å². The monoisotopic (exact) mass is 935 g/mol. The first-order chi connectivity index (χ1) is 30.1. The van der Waals surface area contributed by atoms with Crippen LogP contribution < -0.4 is 15.6 Å². The van der Waals surface area contributed by atoms with Crippen molar-refractivity contribution in [1.82, 2.24) is 39.4 Å². The molecule has 1 amide bonds. The first-order valence-electron chi connectivity index (χ1n) is 18.8. The maximum atomic E-state index is 15.5. The molecule has 0 saturated heterocycles. The van der Waals surface area contributed by atoms with Gasteiger partial charge >= 0.3 is 0 Å². The number of nitrogens with one attached hydrogen (secondary N) is 2. The van der Waals surface area contributed by atoms with Crippen LogP contribution in [-0.4, -0.2) is 54.7 Å². The number of rotatable bonds is 11. The highest BCUT2D eigenvalue weighted by Crippen LogP contribution is 2.68. The number of carbonyl (C=O) groups is 1. The smallest absolute Gasteiger partial charge is 0.293 e. The molecular formula is C40H27ClF9N9O4S. The normalized spacial score (nSPS) is 17.0. The van der Waals surface area contributed by atoms with E-state index in [1.54, 1.807) is 0 Å². The molecule has 1 saturated carbocycles. The van der Waals surface area contributed by atoms with Gasteiger partial charge in [-0.25, -0.2) is 49.1 Å². The van der Waals surface area contributed by atoms with Crippen molar-refractivity contribution in [1.29, 1.82) is 0 Å². The summed E-state index contributed by atoms with van der Waals surface area (Å²) in [5.41, 5.74) is -5.38. The Kier molecular flexibility index (Phi) is 10.1. The topological polar surface area (TPSA) is 159 Å². The van der Waals surface area contributed by atoms with Gasteiger partial charge in [0.25, 0.3) is 17.9 Å². The zero-order valence-electron chi connectivity index (χ0n) is 32.6. The number of aromatic nitrogens is 7. The fourth-order valence-corrected chi connectivity index (χ4v) is 9.12. The third-order valence-electron chi connectivity index (χ3n) is 10.9. The summed E-state index contributed by atoms with van der Waals surface area (Å²) in [5, 5.41) is 9.94. The molecule has 4 heterocycles. The van der Waals surface area contributed by atoms with Gasteiger partial charge in [0.2, 0.25) is 15.9 Å². The molecule has 24 heteroatoms. The van der Waals surface area contributed by atoms with Gasteiger partial charge in [-0.3, -0.25) is 28.2 Å². The van der Waals surface area contributed by atoms with Crippen molar-refractivity contribution in [2.45, 2.75) is 43.7 Å². The van der Waals surface area contributed by atoms with Crippen LogP contribution in [0.2, 0.25) is 5.02 Å². The highest BCUT2D eigenvalue weighted by atomic mass is 35.5. The summed E-state index contributed by atoms with van der Waals surface area (Å²) >= 11 is 6.57. The molecule has 3 atom stereocenters. The average molecular weight is 936 g/mol. The highest BCUT2D eigenvalue weighted by Gasteiger charge is 2.67. The van der Waals surface area contributed by atoms with Crippen molar-refractivity contribution < 1.29 is 52.7 Å².